The van der Waals surface area contributed by atoms with Crippen LogP contribution in [-0.2, 0) is 27.1 Å². The Labute approximate surface area is 123 Å². The van der Waals surface area contributed by atoms with E-state index in [4.69, 9.17) is 0 Å². The molecule has 0 saturated carbocycles. The Balaban J connectivity index is 2.04. The normalized spacial score (nSPS) is 12.3. The molecule has 0 saturated heterocycles. The van der Waals surface area contributed by atoms with Gasteiger partial charge in [0.1, 0.15) is 0 Å². The molecule has 1 N–H and O–H groups in total. The molecule has 2 aromatic rings. The lowest BCUT2D eigenvalue weighted by Gasteiger charge is -2.14. The van der Waals surface area contributed by atoms with Gasteiger partial charge in [-0.3, -0.25) is 9.36 Å². The molecule has 5 nitrogen and oxygen atoms in total. The maximum atomic E-state index is 12.0. The van der Waals surface area contributed by atoms with E-state index < -0.39 is 0 Å². The Morgan fingerprint density at radius 2 is 1.81 bits per heavy atom. The highest BCUT2D eigenvalue weighted by Gasteiger charge is 2.08. The summed E-state index contributed by atoms with van der Waals surface area (Å²) in [6, 6.07) is 10.5. The zero-order valence-electron chi connectivity index (χ0n) is 12.7. The lowest BCUT2D eigenvalue weighted by molar-refractivity contribution is 0.534. The minimum atomic E-state index is -0.305. The van der Waals surface area contributed by atoms with E-state index in [9.17, 15) is 9.59 Å². The first kappa shape index (κ1) is 15.3. The van der Waals surface area contributed by atoms with Crippen molar-refractivity contribution in [3.8, 4) is 0 Å². The summed E-state index contributed by atoms with van der Waals surface area (Å²) in [5, 5.41) is 3.33. The molecule has 1 aromatic heterocycles. The van der Waals surface area contributed by atoms with E-state index in [1.165, 1.54) is 17.2 Å². The van der Waals surface area contributed by atoms with Crippen molar-refractivity contribution >= 4 is 0 Å². The number of benzene rings is 1. The van der Waals surface area contributed by atoms with Crippen molar-refractivity contribution in [3.63, 3.8) is 0 Å². The lowest BCUT2D eigenvalue weighted by Crippen LogP contribution is -2.40. The quantitative estimate of drug-likeness (QED) is 0.885. The number of nitrogens with one attached hydrogen (secondary N) is 1. The summed E-state index contributed by atoms with van der Waals surface area (Å²) in [6.07, 6.45) is 2.50. The zero-order valence-corrected chi connectivity index (χ0v) is 12.7. The van der Waals surface area contributed by atoms with Gasteiger partial charge < -0.3 is 9.88 Å². The van der Waals surface area contributed by atoms with Crippen molar-refractivity contribution in [2.75, 3.05) is 0 Å². The molecule has 0 aliphatic rings. The van der Waals surface area contributed by atoms with Gasteiger partial charge >= 0.3 is 5.69 Å². The zero-order chi connectivity index (χ0) is 15.4. The molecule has 1 aromatic carbocycles. The summed E-state index contributed by atoms with van der Waals surface area (Å²) < 4.78 is 2.57. The third-order valence-corrected chi connectivity index (χ3v) is 3.54. The van der Waals surface area contributed by atoms with Gasteiger partial charge in [0.2, 0.25) is 0 Å². The number of hydrogen-bond donors (Lipinski definition) is 1. The van der Waals surface area contributed by atoms with E-state index in [2.05, 4.69) is 24.4 Å². The molecule has 0 aliphatic heterocycles. The van der Waals surface area contributed by atoms with Gasteiger partial charge in [-0.25, -0.2) is 4.79 Å². The average Bonchev–Trinajstić information content (AvgIpc) is 2.48. The summed E-state index contributed by atoms with van der Waals surface area (Å²) in [7, 11) is 3.15. The topological polar surface area (TPSA) is 56.0 Å². The monoisotopic (exact) mass is 287 g/mol. The molecule has 5 heteroatoms. The van der Waals surface area contributed by atoms with Crippen LogP contribution in [0.5, 0.6) is 0 Å². The molecule has 112 valence electrons. The third kappa shape index (κ3) is 3.70. The molecule has 0 bridgehead atoms. The number of rotatable bonds is 5. The Morgan fingerprint density at radius 1 is 1.14 bits per heavy atom. The Kier molecular flexibility index (Phi) is 4.75. The third-order valence-electron chi connectivity index (χ3n) is 3.54. The fourth-order valence-corrected chi connectivity index (χ4v) is 2.33. The van der Waals surface area contributed by atoms with Crippen molar-refractivity contribution in [3.05, 3.63) is 68.5 Å². The van der Waals surface area contributed by atoms with E-state index in [0.717, 1.165) is 11.0 Å². The molecule has 1 unspecified atom stereocenters. The van der Waals surface area contributed by atoms with Gasteiger partial charge in [0.05, 0.1) is 0 Å². The van der Waals surface area contributed by atoms with Gasteiger partial charge in [-0.1, -0.05) is 30.3 Å². The van der Waals surface area contributed by atoms with Crippen LogP contribution in [0.3, 0.4) is 0 Å². The lowest BCUT2D eigenvalue weighted by atomic mass is 10.1. The fourth-order valence-electron chi connectivity index (χ4n) is 2.33. The van der Waals surface area contributed by atoms with Crippen molar-refractivity contribution in [1.82, 2.24) is 14.5 Å². The molecule has 1 heterocycles. The molecule has 0 amide bonds. The van der Waals surface area contributed by atoms with Gasteiger partial charge in [-0.15, -0.1) is 0 Å². The molecule has 21 heavy (non-hydrogen) atoms. The molecular formula is C16H21N3O2. The van der Waals surface area contributed by atoms with Crippen LogP contribution in [0.25, 0.3) is 0 Å². The van der Waals surface area contributed by atoms with Crippen molar-refractivity contribution < 1.29 is 0 Å². The van der Waals surface area contributed by atoms with E-state index in [1.54, 1.807) is 13.2 Å². The smallest absolute Gasteiger partial charge is 0.310 e. The van der Waals surface area contributed by atoms with E-state index in [1.807, 2.05) is 18.2 Å². The van der Waals surface area contributed by atoms with Gasteiger partial charge in [0.25, 0.3) is 5.56 Å². The molecule has 0 radical (unpaired) electrons. The van der Waals surface area contributed by atoms with Gasteiger partial charge in [-0.2, -0.15) is 0 Å². The standard InChI is InChI=1S/C16H21N3O2/c1-12(9-13-7-5-4-6-8-13)17-10-14-11-18(2)16(21)19(3)15(14)20/h4-8,11-12,17H,9-10H2,1-3H3. The van der Waals surface area contributed by atoms with Crippen LogP contribution in [0, 0.1) is 0 Å². The van der Waals surface area contributed by atoms with Crippen molar-refractivity contribution in [2.24, 2.45) is 14.1 Å². The van der Waals surface area contributed by atoms with Crippen LogP contribution < -0.4 is 16.6 Å². The van der Waals surface area contributed by atoms with E-state index >= 15 is 0 Å². The number of nitrogens with zero attached hydrogens (tertiary/aromatic N) is 2. The highest BCUT2D eigenvalue weighted by molar-refractivity contribution is 5.15. The Bertz CT molecular complexity index is 717. The Morgan fingerprint density at radius 3 is 2.48 bits per heavy atom. The minimum absolute atomic E-state index is 0.238. The number of aryl methyl sites for hydroxylation is 1. The molecular weight excluding hydrogens is 266 g/mol. The summed E-state index contributed by atoms with van der Waals surface area (Å²) in [5.41, 5.74) is 1.31. The van der Waals surface area contributed by atoms with Gasteiger partial charge in [0, 0.05) is 38.4 Å². The molecule has 0 fully saturated rings. The van der Waals surface area contributed by atoms with Crippen LogP contribution in [-0.4, -0.2) is 15.2 Å². The van der Waals surface area contributed by atoms with E-state index in [0.29, 0.717) is 12.1 Å². The molecule has 0 aliphatic carbocycles. The van der Waals surface area contributed by atoms with E-state index in [-0.39, 0.29) is 17.3 Å². The molecule has 0 spiro atoms. The van der Waals surface area contributed by atoms with Crippen LogP contribution >= 0.6 is 0 Å². The predicted octanol–water partition coefficient (Wildman–Crippen LogP) is 0.805. The molecule has 2 rings (SSSR count). The number of hydrogen-bond acceptors (Lipinski definition) is 3. The molecule has 1 atom stereocenters. The van der Waals surface area contributed by atoms with Crippen LogP contribution in [0.2, 0.25) is 0 Å². The first-order chi connectivity index (χ1) is 9.99. The second kappa shape index (κ2) is 6.54. The average molecular weight is 287 g/mol. The van der Waals surface area contributed by atoms with Crippen molar-refractivity contribution in [1.29, 1.82) is 0 Å². The largest absolute Gasteiger partial charge is 0.330 e. The van der Waals surface area contributed by atoms with Crippen LogP contribution in [0.15, 0.2) is 46.1 Å². The minimum Gasteiger partial charge on any atom is -0.310 e. The Hall–Kier alpha value is -2.14. The van der Waals surface area contributed by atoms with Crippen LogP contribution in [0.4, 0.5) is 0 Å². The van der Waals surface area contributed by atoms with Crippen LogP contribution in [0.1, 0.15) is 18.1 Å². The van der Waals surface area contributed by atoms with Gasteiger partial charge in [-0.05, 0) is 18.9 Å². The first-order valence-electron chi connectivity index (χ1n) is 7.02. The summed E-state index contributed by atoms with van der Waals surface area (Å²) in [5.74, 6) is 0. The van der Waals surface area contributed by atoms with Gasteiger partial charge in [0.15, 0.2) is 0 Å². The fraction of sp³-hybridized carbons (Fsp3) is 0.375. The summed E-state index contributed by atoms with van der Waals surface area (Å²) in [4.78, 5) is 23.6. The highest BCUT2D eigenvalue weighted by Crippen LogP contribution is 2.03. The SMILES string of the molecule is CC(Cc1ccccc1)NCc1cn(C)c(=O)n(C)c1=O. The van der Waals surface area contributed by atoms with Crippen molar-refractivity contribution in [2.45, 2.75) is 25.9 Å². The number of aromatic nitrogens is 2. The maximum Gasteiger partial charge on any atom is 0.330 e. The predicted molar refractivity (Wildman–Crippen MR) is 83.4 cm³/mol. The highest BCUT2D eigenvalue weighted by atomic mass is 16.2. The second-order valence-electron chi connectivity index (χ2n) is 5.38. The summed E-state index contributed by atoms with van der Waals surface area (Å²) in [6.45, 7) is 2.54. The maximum absolute atomic E-state index is 12.0. The second-order valence-corrected chi connectivity index (χ2v) is 5.38. The summed E-state index contributed by atoms with van der Waals surface area (Å²) >= 11 is 0. The first-order valence-corrected chi connectivity index (χ1v) is 7.02.